The third-order valence-electron chi connectivity index (χ3n) is 6.83. The standard InChI is InChI=1S/C24H29N5O6S/c1-15-10-13-20(35-15)23-25-26-24(29(23)22-18(33-2)7-5-8-19(22)34-3)27-36(31,32)17-12-11-16-6-4-9-21(30)28(16)14-17/h5,7-8,10,13,16-17H,4,6,9,11-12,14H2,1-3H3,(H,26,27)/t16-,17+/m1/s1. The van der Waals surface area contributed by atoms with Gasteiger partial charge < -0.3 is 18.8 Å². The number of carbonyl (C=O) groups excluding carboxylic acids is 1. The van der Waals surface area contributed by atoms with Crippen LogP contribution in [0.4, 0.5) is 5.95 Å². The summed E-state index contributed by atoms with van der Waals surface area (Å²) in [6.45, 7) is 1.96. The average molecular weight is 516 g/mol. The lowest BCUT2D eigenvalue weighted by atomic mass is 9.93. The molecule has 0 bridgehead atoms. The highest BCUT2D eigenvalue weighted by Gasteiger charge is 2.40. The number of amides is 1. The van der Waals surface area contributed by atoms with Gasteiger partial charge in [-0.15, -0.1) is 10.2 Å². The average Bonchev–Trinajstić information content (AvgIpc) is 3.48. The number of para-hydroxylation sites is 1. The zero-order valence-electron chi connectivity index (χ0n) is 20.4. The first-order valence-electron chi connectivity index (χ1n) is 11.9. The van der Waals surface area contributed by atoms with Gasteiger partial charge in [0.05, 0.1) is 19.5 Å². The molecule has 2 aliphatic rings. The minimum Gasteiger partial charge on any atom is -0.494 e. The molecule has 192 valence electrons. The molecular weight excluding hydrogens is 486 g/mol. The maximum Gasteiger partial charge on any atom is 0.243 e. The first-order valence-corrected chi connectivity index (χ1v) is 13.4. The summed E-state index contributed by atoms with van der Waals surface area (Å²) >= 11 is 0. The molecule has 2 fully saturated rings. The maximum absolute atomic E-state index is 13.6. The van der Waals surface area contributed by atoms with E-state index in [2.05, 4.69) is 14.9 Å². The SMILES string of the molecule is COc1cccc(OC)c1-n1c(NS(=O)(=O)[C@H]2CC[C@H]3CCCC(=O)N3C2)nnc1-c1ccc(C)o1. The van der Waals surface area contributed by atoms with Crippen LogP contribution >= 0.6 is 0 Å². The van der Waals surface area contributed by atoms with Gasteiger partial charge >= 0.3 is 0 Å². The van der Waals surface area contributed by atoms with Gasteiger partial charge in [0.25, 0.3) is 0 Å². The summed E-state index contributed by atoms with van der Waals surface area (Å²) in [6, 6.07) is 8.87. The number of aromatic nitrogens is 3. The van der Waals surface area contributed by atoms with E-state index in [1.165, 1.54) is 18.8 Å². The number of nitrogens with one attached hydrogen (secondary N) is 1. The van der Waals surface area contributed by atoms with E-state index in [1.807, 2.05) is 0 Å². The molecule has 2 saturated heterocycles. The molecule has 2 atom stereocenters. The Bertz CT molecular complexity index is 1360. The van der Waals surface area contributed by atoms with E-state index >= 15 is 0 Å². The Morgan fingerprint density at radius 3 is 2.47 bits per heavy atom. The molecule has 3 aromatic rings. The number of hydrogen-bond donors (Lipinski definition) is 1. The second kappa shape index (κ2) is 9.49. The molecule has 12 heteroatoms. The number of methoxy groups -OCH3 is 2. The normalized spacial score (nSPS) is 20.2. The van der Waals surface area contributed by atoms with E-state index in [1.54, 1.807) is 42.2 Å². The van der Waals surface area contributed by atoms with Crippen molar-refractivity contribution >= 4 is 21.9 Å². The topological polar surface area (TPSA) is 129 Å². The molecule has 2 aromatic heterocycles. The van der Waals surface area contributed by atoms with E-state index in [-0.39, 0.29) is 30.3 Å². The summed E-state index contributed by atoms with van der Waals surface area (Å²) < 4.78 is 48.2. The molecule has 1 N–H and O–H groups in total. The smallest absolute Gasteiger partial charge is 0.243 e. The molecule has 0 radical (unpaired) electrons. The molecule has 0 aliphatic carbocycles. The van der Waals surface area contributed by atoms with Crippen LogP contribution in [0, 0.1) is 6.92 Å². The summed E-state index contributed by atoms with van der Waals surface area (Å²) in [5.41, 5.74) is 0.421. The van der Waals surface area contributed by atoms with Crippen LogP contribution in [0.25, 0.3) is 17.3 Å². The predicted molar refractivity (Wildman–Crippen MR) is 132 cm³/mol. The van der Waals surface area contributed by atoms with Crippen LogP contribution in [0.5, 0.6) is 11.5 Å². The van der Waals surface area contributed by atoms with Crippen molar-refractivity contribution in [2.24, 2.45) is 0 Å². The fourth-order valence-electron chi connectivity index (χ4n) is 5.02. The summed E-state index contributed by atoms with van der Waals surface area (Å²) in [7, 11) is -0.901. The Kier molecular flexibility index (Phi) is 6.37. The lowest BCUT2D eigenvalue weighted by Gasteiger charge is -2.42. The molecule has 5 rings (SSSR count). The predicted octanol–water partition coefficient (Wildman–Crippen LogP) is 3.14. The van der Waals surface area contributed by atoms with Gasteiger partial charge in [-0.25, -0.2) is 8.42 Å². The summed E-state index contributed by atoms with van der Waals surface area (Å²) in [5.74, 6) is 2.18. The largest absolute Gasteiger partial charge is 0.494 e. The number of aryl methyl sites for hydroxylation is 1. The minimum atomic E-state index is -3.92. The molecule has 1 aromatic carbocycles. The number of piperidine rings is 2. The van der Waals surface area contributed by atoms with E-state index in [0.717, 1.165) is 12.8 Å². The van der Waals surface area contributed by atoms with Gasteiger partial charge in [-0.2, -0.15) is 0 Å². The number of furan rings is 1. The number of ether oxygens (including phenoxy) is 2. The molecule has 0 spiro atoms. The highest BCUT2D eigenvalue weighted by molar-refractivity contribution is 7.93. The van der Waals surface area contributed by atoms with Gasteiger partial charge in [0.1, 0.15) is 22.9 Å². The van der Waals surface area contributed by atoms with Gasteiger partial charge in [-0.1, -0.05) is 6.07 Å². The highest BCUT2D eigenvalue weighted by atomic mass is 32.2. The number of nitrogens with zero attached hydrogens (tertiary/aromatic N) is 4. The number of carbonyl (C=O) groups is 1. The second-order valence-corrected chi connectivity index (χ2v) is 11.0. The Hall–Kier alpha value is -3.54. The monoisotopic (exact) mass is 515 g/mol. The van der Waals surface area contributed by atoms with Crippen LogP contribution in [0.15, 0.2) is 34.7 Å². The summed E-state index contributed by atoms with van der Waals surface area (Å²) in [6.07, 6.45) is 3.35. The van der Waals surface area contributed by atoms with Crippen LogP contribution in [0.2, 0.25) is 0 Å². The van der Waals surface area contributed by atoms with Crippen molar-refractivity contribution in [3.05, 3.63) is 36.1 Å². The van der Waals surface area contributed by atoms with Crippen LogP contribution in [0.1, 0.15) is 37.9 Å². The van der Waals surface area contributed by atoms with Crippen LogP contribution < -0.4 is 14.2 Å². The number of sulfonamides is 1. The van der Waals surface area contributed by atoms with Crippen molar-refractivity contribution in [3.8, 4) is 28.8 Å². The summed E-state index contributed by atoms with van der Waals surface area (Å²) in [5, 5.41) is 7.66. The number of fused-ring (bicyclic) bond motifs is 1. The van der Waals surface area contributed by atoms with Gasteiger partial charge in [0.2, 0.25) is 27.7 Å². The molecular formula is C24H29N5O6S. The molecule has 0 saturated carbocycles. The number of benzene rings is 1. The van der Waals surface area contributed by atoms with Crippen molar-refractivity contribution in [1.29, 1.82) is 0 Å². The zero-order valence-corrected chi connectivity index (χ0v) is 21.2. The van der Waals surface area contributed by atoms with Gasteiger partial charge in [0, 0.05) is 19.0 Å². The summed E-state index contributed by atoms with van der Waals surface area (Å²) in [4.78, 5) is 14.2. The Labute approximate surface area is 209 Å². The third-order valence-corrected chi connectivity index (χ3v) is 8.56. The molecule has 36 heavy (non-hydrogen) atoms. The lowest BCUT2D eigenvalue weighted by Crippen LogP contribution is -2.53. The molecule has 1 amide bonds. The minimum absolute atomic E-state index is 0.0172. The van der Waals surface area contributed by atoms with E-state index in [4.69, 9.17) is 13.9 Å². The van der Waals surface area contributed by atoms with Crippen molar-refractivity contribution in [1.82, 2.24) is 19.7 Å². The Morgan fingerprint density at radius 2 is 1.81 bits per heavy atom. The molecule has 2 aliphatic heterocycles. The lowest BCUT2D eigenvalue weighted by molar-refractivity contribution is -0.137. The third kappa shape index (κ3) is 4.29. The quantitative estimate of drug-likeness (QED) is 0.508. The first-order chi connectivity index (χ1) is 17.3. The fourth-order valence-corrected chi connectivity index (χ4v) is 6.38. The van der Waals surface area contributed by atoms with Gasteiger partial charge in [-0.05, 0) is 56.9 Å². The number of rotatable bonds is 7. The molecule has 0 unspecified atom stereocenters. The maximum atomic E-state index is 13.6. The fraction of sp³-hybridized carbons (Fsp3) is 0.458. The van der Waals surface area contributed by atoms with Crippen molar-refractivity contribution < 1.29 is 27.1 Å². The Balaban J connectivity index is 1.56. The Morgan fingerprint density at radius 1 is 1.06 bits per heavy atom. The van der Waals surface area contributed by atoms with E-state index < -0.39 is 15.3 Å². The van der Waals surface area contributed by atoms with E-state index in [0.29, 0.717) is 48.0 Å². The second-order valence-electron chi connectivity index (χ2n) is 9.04. The zero-order chi connectivity index (χ0) is 25.4. The molecule has 4 heterocycles. The van der Waals surface area contributed by atoms with Crippen molar-refractivity contribution in [2.75, 3.05) is 25.5 Å². The first kappa shape index (κ1) is 24.2. The van der Waals surface area contributed by atoms with E-state index in [9.17, 15) is 13.2 Å². The van der Waals surface area contributed by atoms with Gasteiger partial charge in [0.15, 0.2) is 5.76 Å². The van der Waals surface area contributed by atoms with Crippen LogP contribution in [-0.4, -0.2) is 66.0 Å². The number of anilines is 1. The van der Waals surface area contributed by atoms with Crippen molar-refractivity contribution in [2.45, 2.75) is 50.3 Å². The van der Waals surface area contributed by atoms with Crippen LogP contribution in [0.3, 0.4) is 0 Å². The van der Waals surface area contributed by atoms with Gasteiger partial charge in [-0.3, -0.25) is 14.1 Å². The van der Waals surface area contributed by atoms with Crippen molar-refractivity contribution in [3.63, 3.8) is 0 Å². The number of hydrogen-bond acceptors (Lipinski definition) is 8. The highest BCUT2D eigenvalue weighted by Crippen LogP contribution is 2.38. The molecule has 11 nitrogen and oxygen atoms in total. The van der Waals surface area contributed by atoms with Crippen LogP contribution in [-0.2, 0) is 14.8 Å².